The molecule has 0 spiro atoms. The largest absolute Gasteiger partial charge is 0.368 e. The Morgan fingerprint density at radius 2 is 2.03 bits per heavy atom. The van der Waals surface area contributed by atoms with Crippen LogP contribution in [0.2, 0.25) is 5.02 Å². The number of halogens is 1. The highest BCUT2D eigenvalue weighted by molar-refractivity contribution is 7.90. The van der Waals surface area contributed by atoms with Crippen LogP contribution in [0.1, 0.15) is 5.56 Å². The Labute approximate surface area is 179 Å². The lowest BCUT2D eigenvalue weighted by Crippen LogP contribution is -2.15. The van der Waals surface area contributed by atoms with Crippen LogP contribution in [0.25, 0.3) is 11.1 Å². The first-order chi connectivity index (χ1) is 14.3. The van der Waals surface area contributed by atoms with E-state index in [1.54, 1.807) is 56.7 Å². The second kappa shape index (κ2) is 9.10. The van der Waals surface area contributed by atoms with Crippen LogP contribution in [0.5, 0.6) is 0 Å². The normalized spacial score (nSPS) is 11.6. The minimum absolute atomic E-state index is 0.0439. The van der Waals surface area contributed by atoms with Gasteiger partial charge >= 0.3 is 0 Å². The summed E-state index contributed by atoms with van der Waals surface area (Å²) < 4.78 is 29.4. The van der Waals surface area contributed by atoms with Gasteiger partial charge in [-0.2, -0.15) is 13.5 Å². The quantitative estimate of drug-likeness (QED) is 0.429. The van der Waals surface area contributed by atoms with Gasteiger partial charge in [0.15, 0.2) is 0 Å². The van der Waals surface area contributed by atoms with Crippen LogP contribution in [-0.4, -0.2) is 49.9 Å². The van der Waals surface area contributed by atoms with E-state index in [1.165, 1.54) is 23.5 Å². The maximum absolute atomic E-state index is 12.8. The molecule has 3 rings (SSSR count). The number of sulfonamides is 1. The standard InChI is InChI=1S/C20H20ClN5O3S/c1-26(2)13-24-30(28,29)19-10-16(7-8-17(19)15-11-22-23-12-15)25-20(27)9-14-5-3-4-6-18(14)21/h3-8,10-13H,9H2,1-2H3,(H,22,23)(H,25,27)/b24-13+. The highest BCUT2D eigenvalue weighted by Gasteiger charge is 2.20. The van der Waals surface area contributed by atoms with Gasteiger partial charge in [0.2, 0.25) is 5.91 Å². The highest BCUT2D eigenvalue weighted by Crippen LogP contribution is 2.30. The number of nitrogens with one attached hydrogen (secondary N) is 2. The van der Waals surface area contributed by atoms with Crippen LogP contribution < -0.4 is 5.32 Å². The van der Waals surface area contributed by atoms with Crippen molar-refractivity contribution in [1.29, 1.82) is 0 Å². The molecule has 0 unspecified atom stereocenters. The van der Waals surface area contributed by atoms with Gasteiger partial charge in [0.25, 0.3) is 10.0 Å². The first kappa shape index (κ1) is 21.5. The fraction of sp³-hybridized carbons (Fsp3) is 0.150. The number of hydrogen-bond acceptors (Lipinski definition) is 4. The lowest BCUT2D eigenvalue weighted by Gasteiger charge is -2.11. The van der Waals surface area contributed by atoms with Gasteiger partial charge in [-0.3, -0.25) is 9.89 Å². The summed E-state index contributed by atoms with van der Waals surface area (Å²) in [7, 11) is -0.686. The third-order valence-corrected chi connectivity index (χ3v) is 5.71. The average Bonchev–Trinajstić information content (AvgIpc) is 3.23. The Kier molecular flexibility index (Phi) is 6.53. The molecule has 0 radical (unpaired) electrons. The molecule has 156 valence electrons. The number of benzene rings is 2. The lowest BCUT2D eigenvalue weighted by molar-refractivity contribution is -0.115. The van der Waals surface area contributed by atoms with Gasteiger partial charge in [0.05, 0.1) is 17.5 Å². The zero-order valence-corrected chi connectivity index (χ0v) is 17.9. The predicted octanol–water partition coefficient (Wildman–Crippen LogP) is 3.19. The molecule has 10 heteroatoms. The number of amides is 1. The molecule has 3 aromatic rings. The van der Waals surface area contributed by atoms with Gasteiger partial charge in [-0.25, -0.2) is 0 Å². The van der Waals surface area contributed by atoms with Crippen molar-refractivity contribution in [3.8, 4) is 11.1 Å². The van der Waals surface area contributed by atoms with Gasteiger partial charge in [-0.05, 0) is 23.8 Å². The predicted molar refractivity (Wildman–Crippen MR) is 117 cm³/mol. The molecule has 0 fully saturated rings. The summed E-state index contributed by atoms with van der Waals surface area (Å²) in [5.41, 5.74) is 2.01. The molecule has 0 aliphatic heterocycles. The molecule has 0 saturated heterocycles. The second-order valence-corrected chi connectivity index (χ2v) is 8.68. The summed E-state index contributed by atoms with van der Waals surface area (Å²) in [5, 5.41) is 9.75. The van der Waals surface area contributed by atoms with Crippen molar-refractivity contribution in [3.63, 3.8) is 0 Å². The van der Waals surface area contributed by atoms with Crippen LogP contribution in [0.15, 0.2) is 64.2 Å². The van der Waals surface area contributed by atoms with Crippen molar-refractivity contribution in [3.05, 3.63) is 65.4 Å². The smallest absolute Gasteiger partial charge is 0.284 e. The molecule has 1 heterocycles. The molecule has 1 amide bonds. The van der Waals surface area contributed by atoms with Crippen molar-refractivity contribution in [2.24, 2.45) is 4.40 Å². The Morgan fingerprint density at radius 3 is 2.70 bits per heavy atom. The summed E-state index contributed by atoms with van der Waals surface area (Å²) >= 11 is 6.11. The number of rotatable bonds is 7. The summed E-state index contributed by atoms with van der Waals surface area (Å²) in [6, 6.07) is 11.7. The second-order valence-electron chi connectivity index (χ2n) is 6.67. The molecule has 8 nitrogen and oxygen atoms in total. The first-order valence-electron chi connectivity index (χ1n) is 8.89. The van der Waals surface area contributed by atoms with Crippen molar-refractivity contribution in [1.82, 2.24) is 15.1 Å². The van der Waals surface area contributed by atoms with Crippen molar-refractivity contribution < 1.29 is 13.2 Å². The number of carbonyl (C=O) groups excluding carboxylic acids is 1. The van der Waals surface area contributed by atoms with Gasteiger partial charge < -0.3 is 10.2 Å². The SMILES string of the molecule is CN(C)/C=N/S(=O)(=O)c1cc(NC(=O)Cc2ccccc2Cl)ccc1-c1cn[nH]c1. The molecule has 0 aliphatic rings. The maximum Gasteiger partial charge on any atom is 0.284 e. The van der Waals surface area contributed by atoms with Gasteiger partial charge in [-0.1, -0.05) is 35.9 Å². The van der Waals surface area contributed by atoms with Crippen molar-refractivity contribution >= 4 is 39.6 Å². The molecule has 1 aromatic heterocycles. The summed E-state index contributed by atoms with van der Waals surface area (Å²) in [6.45, 7) is 0. The minimum Gasteiger partial charge on any atom is -0.368 e. The summed E-state index contributed by atoms with van der Waals surface area (Å²) in [6.07, 6.45) is 4.36. The number of hydrogen-bond donors (Lipinski definition) is 2. The Balaban J connectivity index is 1.93. The first-order valence-corrected chi connectivity index (χ1v) is 10.7. The van der Waals surface area contributed by atoms with E-state index in [0.717, 1.165) is 0 Å². The number of aromatic nitrogens is 2. The molecule has 0 aliphatic carbocycles. The van der Waals surface area contributed by atoms with Crippen LogP contribution in [0.3, 0.4) is 0 Å². The summed E-state index contributed by atoms with van der Waals surface area (Å²) in [5.74, 6) is -0.320. The third-order valence-electron chi connectivity index (χ3n) is 4.08. The number of nitrogens with zero attached hydrogens (tertiary/aromatic N) is 3. The number of H-pyrrole nitrogens is 1. The zero-order chi connectivity index (χ0) is 21.7. The molecule has 30 heavy (non-hydrogen) atoms. The van der Waals surface area contributed by atoms with E-state index < -0.39 is 10.0 Å². The molecule has 2 aromatic carbocycles. The van der Waals surface area contributed by atoms with E-state index >= 15 is 0 Å². The van der Waals surface area contributed by atoms with Gasteiger partial charge in [0, 0.05) is 42.1 Å². The van der Waals surface area contributed by atoms with Gasteiger partial charge in [0.1, 0.15) is 6.34 Å². The molecular formula is C20H20ClN5O3S. The Morgan fingerprint density at radius 1 is 1.27 bits per heavy atom. The number of anilines is 1. The number of carbonyl (C=O) groups is 1. The van der Waals surface area contributed by atoms with Crippen LogP contribution >= 0.6 is 11.6 Å². The van der Waals surface area contributed by atoms with E-state index in [4.69, 9.17) is 11.6 Å². The van der Waals surface area contributed by atoms with E-state index in [1.807, 2.05) is 0 Å². The van der Waals surface area contributed by atoms with Crippen LogP contribution in [0, 0.1) is 0 Å². The average molecular weight is 446 g/mol. The fourth-order valence-corrected chi connectivity index (χ4v) is 4.05. The zero-order valence-electron chi connectivity index (χ0n) is 16.3. The van der Waals surface area contributed by atoms with E-state index in [0.29, 0.717) is 27.4 Å². The Bertz CT molecular complexity index is 1170. The van der Waals surface area contributed by atoms with Crippen molar-refractivity contribution in [2.75, 3.05) is 19.4 Å². The summed E-state index contributed by atoms with van der Waals surface area (Å²) in [4.78, 5) is 13.9. The highest BCUT2D eigenvalue weighted by atomic mass is 35.5. The lowest BCUT2D eigenvalue weighted by atomic mass is 10.1. The molecule has 0 bridgehead atoms. The minimum atomic E-state index is -4.02. The van der Waals surface area contributed by atoms with E-state index in [-0.39, 0.29) is 17.2 Å². The molecule has 2 N–H and O–H groups in total. The fourth-order valence-electron chi connectivity index (χ4n) is 2.68. The third kappa shape index (κ3) is 5.25. The molecular weight excluding hydrogens is 426 g/mol. The number of aromatic amines is 1. The van der Waals surface area contributed by atoms with E-state index in [2.05, 4.69) is 19.9 Å². The topological polar surface area (TPSA) is 108 Å². The Hall–Kier alpha value is -3.17. The molecule has 0 atom stereocenters. The maximum atomic E-state index is 12.8. The monoisotopic (exact) mass is 445 g/mol. The molecule has 0 saturated carbocycles. The van der Waals surface area contributed by atoms with Crippen molar-refractivity contribution in [2.45, 2.75) is 11.3 Å². The van der Waals surface area contributed by atoms with Crippen LogP contribution in [-0.2, 0) is 21.2 Å². The van der Waals surface area contributed by atoms with Gasteiger partial charge in [-0.15, -0.1) is 4.40 Å². The van der Waals surface area contributed by atoms with Crippen LogP contribution in [0.4, 0.5) is 5.69 Å². The van der Waals surface area contributed by atoms with E-state index in [9.17, 15) is 13.2 Å².